The normalized spacial score (nSPS) is 19.9. The standard InChI is InChI=1S/C15H21N5O/c1-12-8-17-19(9-12)10-14-4-3-6-20(14)15(21)13(2)18-7-5-16-11-18/h5,7-9,11,13-14H,3-4,6,10H2,1-2H3/t13-,14+/m0/s1. The van der Waals surface area contributed by atoms with Gasteiger partial charge in [0.05, 0.1) is 25.1 Å². The van der Waals surface area contributed by atoms with Gasteiger partial charge in [-0.2, -0.15) is 5.10 Å². The minimum absolute atomic E-state index is 0.166. The highest BCUT2D eigenvalue weighted by atomic mass is 16.2. The molecule has 0 N–H and O–H groups in total. The van der Waals surface area contributed by atoms with Crippen LogP contribution in [0.4, 0.5) is 0 Å². The molecular weight excluding hydrogens is 266 g/mol. The molecule has 0 aliphatic carbocycles. The van der Waals surface area contributed by atoms with Crippen molar-refractivity contribution < 1.29 is 4.79 Å². The summed E-state index contributed by atoms with van der Waals surface area (Å²) in [6.45, 7) is 5.57. The van der Waals surface area contributed by atoms with Crippen molar-refractivity contribution in [3.05, 3.63) is 36.7 Å². The zero-order valence-electron chi connectivity index (χ0n) is 12.5. The first kappa shape index (κ1) is 13.9. The molecule has 1 aliphatic heterocycles. The summed E-state index contributed by atoms with van der Waals surface area (Å²) in [6, 6.07) is 0.0372. The Morgan fingerprint density at radius 2 is 2.38 bits per heavy atom. The average molecular weight is 287 g/mol. The summed E-state index contributed by atoms with van der Waals surface area (Å²) in [7, 11) is 0. The van der Waals surface area contributed by atoms with Gasteiger partial charge < -0.3 is 9.47 Å². The quantitative estimate of drug-likeness (QED) is 0.859. The molecule has 2 aromatic heterocycles. The lowest BCUT2D eigenvalue weighted by atomic mass is 10.2. The molecule has 6 heteroatoms. The molecule has 3 heterocycles. The monoisotopic (exact) mass is 287 g/mol. The summed E-state index contributed by atoms with van der Waals surface area (Å²) < 4.78 is 3.79. The Kier molecular flexibility index (Phi) is 3.77. The van der Waals surface area contributed by atoms with Crippen LogP contribution in [0.15, 0.2) is 31.1 Å². The van der Waals surface area contributed by atoms with Gasteiger partial charge in [0.15, 0.2) is 0 Å². The van der Waals surface area contributed by atoms with Gasteiger partial charge >= 0.3 is 0 Å². The Labute approximate surface area is 124 Å². The van der Waals surface area contributed by atoms with Gasteiger partial charge in [0.25, 0.3) is 0 Å². The smallest absolute Gasteiger partial charge is 0.245 e. The second-order valence-corrected chi connectivity index (χ2v) is 5.75. The van der Waals surface area contributed by atoms with E-state index in [1.165, 1.54) is 0 Å². The molecule has 1 aliphatic rings. The van der Waals surface area contributed by atoms with E-state index in [9.17, 15) is 4.79 Å². The van der Waals surface area contributed by atoms with E-state index in [1.54, 1.807) is 12.5 Å². The van der Waals surface area contributed by atoms with Crippen LogP contribution in [-0.2, 0) is 11.3 Å². The Morgan fingerprint density at radius 1 is 1.52 bits per heavy atom. The van der Waals surface area contributed by atoms with Crippen LogP contribution in [0.25, 0.3) is 0 Å². The van der Waals surface area contributed by atoms with E-state index >= 15 is 0 Å². The van der Waals surface area contributed by atoms with Crippen LogP contribution in [0.2, 0.25) is 0 Å². The fourth-order valence-electron chi connectivity index (χ4n) is 2.96. The van der Waals surface area contributed by atoms with Crippen LogP contribution < -0.4 is 0 Å². The molecule has 0 unspecified atom stereocenters. The Bertz CT molecular complexity index is 603. The van der Waals surface area contributed by atoms with E-state index in [4.69, 9.17) is 0 Å². The lowest BCUT2D eigenvalue weighted by molar-refractivity contribution is -0.135. The van der Waals surface area contributed by atoms with Gasteiger partial charge in [-0.15, -0.1) is 0 Å². The van der Waals surface area contributed by atoms with Crippen molar-refractivity contribution in [1.29, 1.82) is 0 Å². The van der Waals surface area contributed by atoms with E-state index < -0.39 is 0 Å². The molecular formula is C15H21N5O. The van der Waals surface area contributed by atoms with Crippen molar-refractivity contribution in [3.63, 3.8) is 0 Å². The first-order valence-electron chi connectivity index (χ1n) is 7.42. The number of aryl methyl sites for hydroxylation is 1. The van der Waals surface area contributed by atoms with Gasteiger partial charge in [-0.3, -0.25) is 9.48 Å². The van der Waals surface area contributed by atoms with Crippen LogP contribution in [-0.4, -0.2) is 42.7 Å². The Balaban J connectivity index is 1.70. The van der Waals surface area contributed by atoms with Crippen molar-refractivity contribution in [3.8, 4) is 0 Å². The van der Waals surface area contributed by atoms with Crippen LogP contribution in [0.3, 0.4) is 0 Å². The average Bonchev–Trinajstić information content (AvgIpc) is 3.19. The molecule has 21 heavy (non-hydrogen) atoms. The van der Waals surface area contributed by atoms with Gasteiger partial charge in [0, 0.05) is 25.1 Å². The first-order chi connectivity index (χ1) is 10.1. The summed E-state index contributed by atoms with van der Waals surface area (Å²) >= 11 is 0. The predicted octanol–water partition coefficient (Wildman–Crippen LogP) is 1.64. The van der Waals surface area contributed by atoms with Crippen molar-refractivity contribution in [2.45, 2.75) is 45.3 Å². The largest absolute Gasteiger partial charge is 0.336 e. The molecule has 3 rings (SSSR count). The maximum absolute atomic E-state index is 12.7. The Hall–Kier alpha value is -2.11. The highest BCUT2D eigenvalue weighted by Gasteiger charge is 2.32. The zero-order chi connectivity index (χ0) is 14.8. The van der Waals surface area contributed by atoms with E-state index in [1.807, 2.05) is 46.6 Å². The van der Waals surface area contributed by atoms with E-state index in [-0.39, 0.29) is 18.0 Å². The molecule has 1 fully saturated rings. The van der Waals surface area contributed by atoms with E-state index in [0.717, 1.165) is 31.5 Å². The minimum Gasteiger partial charge on any atom is -0.336 e. The molecule has 2 aromatic rings. The summed E-state index contributed by atoms with van der Waals surface area (Å²) in [5, 5.41) is 4.33. The highest BCUT2D eigenvalue weighted by molar-refractivity contribution is 5.80. The second kappa shape index (κ2) is 5.71. The molecule has 0 saturated carbocycles. The Morgan fingerprint density at radius 3 is 3.05 bits per heavy atom. The third-order valence-corrected chi connectivity index (χ3v) is 4.15. The summed E-state index contributed by atoms with van der Waals surface area (Å²) in [5.74, 6) is 0.166. The van der Waals surface area contributed by atoms with E-state index in [0.29, 0.717) is 0 Å². The van der Waals surface area contributed by atoms with Crippen molar-refractivity contribution >= 4 is 5.91 Å². The molecule has 112 valence electrons. The molecule has 0 bridgehead atoms. The number of imidazole rings is 1. The molecule has 1 saturated heterocycles. The number of likely N-dealkylation sites (tertiary alicyclic amines) is 1. The first-order valence-corrected chi connectivity index (χ1v) is 7.42. The van der Waals surface area contributed by atoms with Crippen molar-refractivity contribution in [2.24, 2.45) is 0 Å². The number of amides is 1. The summed E-state index contributed by atoms with van der Waals surface area (Å²) in [5.41, 5.74) is 1.15. The topological polar surface area (TPSA) is 56.0 Å². The number of nitrogens with zero attached hydrogens (tertiary/aromatic N) is 5. The molecule has 1 amide bonds. The minimum atomic E-state index is -0.201. The molecule has 0 spiro atoms. The molecule has 2 atom stereocenters. The fourth-order valence-corrected chi connectivity index (χ4v) is 2.96. The summed E-state index contributed by atoms with van der Waals surface area (Å²) in [6.07, 6.45) is 11.2. The van der Waals surface area contributed by atoms with Crippen LogP contribution >= 0.6 is 0 Å². The van der Waals surface area contributed by atoms with Crippen LogP contribution in [0.5, 0.6) is 0 Å². The van der Waals surface area contributed by atoms with Crippen molar-refractivity contribution in [2.75, 3.05) is 6.54 Å². The predicted molar refractivity (Wildman–Crippen MR) is 78.6 cm³/mol. The van der Waals surface area contributed by atoms with Gasteiger partial charge in [0.1, 0.15) is 6.04 Å². The van der Waals surface area contributed by atoms with Gasteiger partial charge in [-0.05, 0) is 32.3 Å². The lowest BCUT2D eigenvalue weighted by Gasteiger charge is -2.28. The number of hydrogen-bond acceptors (Lipinski definition) is 3. The van der Waals surface area contributed by atoms with Gasteiger partial charge in [-0.1, -0.05) is 0 Å². The second-order valence-electron chi connectivity index (χ2n) is 5.75. The molecule has 0 aromatic carbocycles. The third-order valence-electron chi connectivity index (χ3n) is 4.15. The summed E-state index contributed by atoms with van der Waals surface area (Å²) in [4.78, 5) is 18.7. The SMILES string of the molecule is Cc1cnn(C[C@H]2CCCN2C(=O)[C@H](C)n2ccnc2)c1. The molecule has 6 nitrogen and oxygen atoms in total. The van der Waals surface area contributed by atoms with Crippen LogP contribution in [0.1, 0.15) is 31.4 Å². The highest BCUT2D eigenvalue weighted by Crippen LogP contribution is 2.22. The fraction of sp³-hybridized carbons (Fsp3) is 0.533. The number of rotatable bonds is 4. The molecule has 0 radical (unpaired) electrons. The maximum atomic E-state index is 12.7. The number of hydrogen-bond donors (Lipinski definition) is 0. The maximum Gasteiger partial charge on any atom is 0.245 e. The third kappa shape index (κ3) is 2.84. The van der Waals surface area contributed by atoms with E-state index in [2.05, 4.69) is 10.1 Å². The lowest BCUT2D eigenvalue weighted by Crippen LogP contribution is -2.41. The number of carbonyl (C=O) groups is 1. The van der Waals surface area contributed by atoms with Crippen molar-refractivity contribution in [1.82, 2.24) is 24.2 Å². The van der Waals surface area contributed by atoms with Gasteiger partial charge in [-0.25, -0.2) is 4.98 Å². The van der Waals surface area contributed by atoms with Gasteiger partial charge in [0.2, 0.25) is 5.91 Å². The van der Waals surface area contributed by atoms with Crippen LogP contribution in [0, 0.1) is 6.92 Å². The number of aromatic nitrogens is 4. The zero-order valence-corrected chi connectivity index (χ0v) is 12.5. The number of carbonyl (C=O) groups excluding carboxylic acids is 1.